The van der Waals surface area contributed by atoms with Gasteiger partial charge in [0.1, 0.15) is 5.82 Å². The van der Waals surface area contributed by atoms with Crippen molar-refractivity contribution >= 4 is 5.82 Å². The van der Waals surface area contributed by atoms with Crippen LogP contribution in [-0.2, 0) is 0 Å². The fourth-order valence-electron chi connectivity index (χ4n) is 3.38. The molecule has 2 unspecified atom stereocenters. The molecule has 0 aromatic carbocycles. The van der Waals surface area contributed by atoms with Crippen LogP contribution in [0.3, 0.4) is 0 Å². The monoisotopic (exact) mass is 260 g/mol. The van der Waals surface area contributed by atoms with E-state index >= 15 is 0 Å². The van der Waals surface area contributed by atoms with Crippen molar-refractivity contribution in [1.29, 1.82) is 0 Å². The number of nitrogens with zero attached hydrogens (tertiary/aromatic N) is 3. The number of piperazine rings is 1. The van der Waals surface area contributed by atoms with E-state index in [1.807, 2.05) is 19.2 Å². The lowest BCUT2D eigenvalue weighted by Gasteiger charge is -2.43. The molecule has 2 aliphatic rings. The summed E-state index contributed by atoms with van der Waals surface area (Å²) in [7, 11) is 0. The minimum Gasteiger partial charge on any atom is -0.351 e. The fraction of sp³-hybridized carbons (Fsp3) is 0.667. The Morgan fingerprint density at radius 2 is 2.26 bits per heavy atom. The molecule has 4 nitrogen and oxygen atoms in total. The first kappa shape index (κ1) is 12.9. The highest BCUT2D eigenvalue weighted by atomic mass is 15.3. The summed E-state index contributed by atoms with van der Waals surface area (Å²) in [6.07, 6.45) is 4.57. The molecular formula is C15H24N4. The number of pyridine rings is 1. The lowest BCUT2D eigenvalue weighted by molar-refractivity contribution is 0.202. The van der Waals surface area contributed by atoms with Gasteiger partial charge in [-0.2, -0.15) is 0 Å². The summed E-state index contributed by atoms with van der Waals surface area (Å²) < 4.78 is 0. The summed E-state index contributed by atoms with van der Waals surface area (Å²) in [5.74, 6) is 1.09. The van der Waals surface area contributed by atoms with E-state index in [4.69, 9.17) is 5.73 Å². The zero-order valence-corrected chi connectivity index (χ0v) is 11.9. The fourth-order valence-corrected chi connectivity index (χ4v) is 3.38. The maximum atomic E-state index is 5.98. The first-order valence-electron chi connectivity index (χ1n) is 7.37. The number of hydrogen-bond donors (Lipinski definition) is 1. The molecule has 2 fully saturated rings. The Morgan fingerprint density at radius 1 is 1.42 bits per heavy atom. The van der Waals surface area contributed by atoms with Crippen LogP contribution in [0.2, 0.25) is 0 Å². The van der Waals surface area contributed by atoms with E-state index in [-0.39, 0.29) is 6.04 Å². The molecule has 0 saturated carbocycles. The molecular weight excluding hydrogens is 236 g/mol. The molecule has 2 saturated heterocycles. The van der Waals surface area contributed by atoms with Gasteiger partial charge in [-0.1, -0.05) is 0 Å². The van der Waals surface area contributed by atoms with Crippen LogP contribution in [0.1, 0.15) is 38.3 Å². The second-order valence-electron chi connectivity index (χ2n) is 6.03. The van der Waals surface area contributed by atoms with Crippen LogP contribution in [0.5, 0.6) is 0 Å². The smallest absolute Gasteiger partial charge is 0.129 e. The molecule has 0 amide bonds. The van der Waals surface area contributed by atoms with Crippen molar-refractivity contribution in [2.24, 2.45) is 5.73 Å². The molecule has 2 N–H and O–H groups in total. The van der Waals surface area contributed by atoms with Gasteiger partial charge in [0, 0.05) is 37.4 Å². The molecule has 19 heavy (non-hydrogen) atoms. The van der Waals surface area contributed by atoms with E-state index in [0.29, 0.717) is 6.04 Å². The van der Waals surface area contributed by atoms with Crippen molar-refractivity contribution in [3.05, 3.63) is 23.9 Å². The van der Waals surface area contributed by atoms with Crippen LogP contribution in [0.25, 0.3) is 0 Å². The summed E-state index contributed by atoms with van der Waals surface area (Å²) in [6, 6.07) is 5.50. The highest BCUT2D eigenvalue weighted by Crippen LogP contribution is 2.28. The highest BCUT2D eigenvalue weighted by Gasteiger charge is 2.34. The Labute approximate surface area is 115 Å². The normalized spacial score (nSPS) is 29.3. The Bertz CT molecular complexity index is 446. The largest absolute Gasteiger partial charge is 0.351 e. The molecule has 0 radical (unpaired) electrons. The van der Waals surface area contributed by atoms with Crippen molar-refractivity contribution in [3.63, 3.8) is 0 Å². The number of hydrogen-bond acceptors (Lipinski definition) is 4. The Morgan fingerprint density at radius 3 is 3.05 bits per heavy atom. The highest BCUT2D eigenvalue weighted by molar-refractivity contribution is 5.44. The Hall–Kier alpha value is -1.13. The van der Waals surface area contributed by atoms with Gasteiger partial charge < -0.3 is 10.6 Å². The third-order valence-electron chi connectivity index (χ3n) is 4.53. The molecule has 2 aliphatic heterocycles. The summed E-state index contributed by atoms with van der Waals surface area (Å²) in [4.78, 5) is 9.65. The number of anilines is 1. The molecule has 3 atom stereocenters. The minimum absolute atomic E-state index is 0.0739. The van der Waals surface area contributed by atoms with Gasteiger partial charge >= 0.3 is 0 Å². The van der Waals surface area contributed by atoms with Crippen LogP contribution >= 0.6 is 0 Å². The van der Waals surface area contributed by atoms with Crippen molar-refractivity contribution in [3.8, 4) is 0 Å². The predicted octanol–water partition coefficient (Wildman–Crippen LogP) is 1.77. The molecule has 0 spiro atoms. The van der Waals surface area contributed by atoms with E-state index < -0.39 is 0 Å². The lowest BCUT2D eigenvalue weighted by atomic mass is 10.1. The number of nitrogens with two attached hydrogens (primary N) is 1. The Balaban J connectivity index is 1.82. The van der Waals surface area contributed by atoms with Crippen LogP contribution in [0, 0.1) is 0 Å². The van der Waals surface area contributed by atoms with Gasteiger partial charge in [-0.25, -0.2) is 4.98 Å². The predicted molar refractivity (Wildman–Crippen MR) is 78.2 cm³/mol. The van der Waals surface area contributed by atoms with E-state index in [9.17, 15) is 0 Å². The van der Waals surface area contributed by atoms with Crippen molar-refractivity contribution < 1.29 is 0 Å². The average molecular weight is 260 g/mol. The molecule has 1 aromatic rings. The Kier molecular flexibility index (Phi) is 3.46. The van der Waals surface area contributed by atoms with Crippen molar-refractivity contribution in [2.45, 2.75) is 44.8 Å². The zero-order valence-electron chi connectivity index (χ0n) is 11.9. The second kappa shape index (κ2) is 5.10. The standard InChI is InChI=1S/C15H24N4/c1-11-9-18-7-3-4-14(18)10-19(11)15-8-13(12(2)16)5-6-17-15/h5-6,8,11-12,14H,3-4,7,9-10,16H2,1-2H3/t11?,12-,14?/m0/s1. The number of fused-ring (bicyclic) bond motifs is 1. The quantitative estimate of drug-likeness (QED) is 0.880. The molecule has 1 aromatic heterocycles. The maximum Gasteiger partial charge on any atom is 0.129 e. The van der Waals surface area contributed by atoms with E-state index in [1.165, 1.54) is 24.9 Å². The molecule has 104 valence electrons. The SMILES string of the molecule is CC1CN2CCCC2CN1c1cc([C@H](C)N)ccn1. The first-order valence-corrected chi connectivity index (χ1v) is 7.37. The second-order valence-corrected chi connectivity index (χ2v) is 6.03. The molecule has 0 bridgehead atoms. The van der Waals surface area contributed by atoms with Gasteiger partial charge in [0.05, 0.1) is 0 Å². The van der Waals surface area contributed by atoms with Gasteiger partial charge in [-0.15, -0.1) is 0 Å². The summed E-state index contributed by atoms with van der Waals surface area (Å²) >= 11 is 0. The summed E-state index contributed by atoms with van der Waals surface area (Å²) in [6.45, 7) is 7.87. The zero-order chi connectivity index (χ0) is 13.4. The maximum absolute atomic E-state index is 5.98. The third kappa shape index (κ3) is 2.47. The van der Waals surface area contributed by atoms with E-state index in [0.717, 1.165) is 24.9 Å². The van der Waals surface area contributed by atoms with Gasteiger partial charge in [0.25, 0.3) is 0 Å². The number of rotatable bonds is 2. The van der Waals surface area contributed by atoms with Crippen molar-refractivity contribution in [1.82, 2.24) is 9.88 Å². The molecule has 0 aliphatic carbocycles. The first-order chi connectivity index (χ1) is 9.15. The van der Waals surface area contributed by atoms with Crippen LogP contribution in [0.15, 0.2) is 18.3 Å². The van der Waals surface area contributed by atoms with Gasteiger partial charge in [-0.3, -0.25) is 4.90 Å². The summed E-state index contributed by atoms with van der Waals surface area (Å²) in [5, 5.41) is 0. The molecule has 3 heterocycles. The van der Waals surface area contributed by atoms with Gasteiger partial charge in [0.15, 0.2) is 0 Å². The van der Waals surface area contributed by atoms with Crippen LogP contribution < -0.4 is 10.6 Å². The van der Waals surface area contributed by atoms with E-state index in [1.54, 1.807) is 0 Å². The summed E-state index contributed by atoms with van der Waals surface area (Å²) in [5.41, 5.74) is 7.15. The van der Waals surface area contributed by atoms with E-state index in [2.05, 4.69) is 27.8 Å². The topological polar surface area (TPSA) is 45.4 Å². The third-order valence-corrected chi connectivity index (χ3v) is 4.53. The van der Waals surface area contributed by atoms with Crippen molar-refractivity contribution in [2.75, 3.05) is 24.5 Å². The lowest BCUT2D eigenvalue weighted by Crippen LogP contribution is -2.55. The number of aromatic nitrogens is 1. The van der Waals surface area contributed by atoms with Gasteiger partial charge in [-0.05, 0) is 50.9 Å². The van der Waals surface area contributed by atoms with Crippen LogP contribution in [0.4, 0.5) is 5.82 Å². The van der Waals surface area contributed by atoms with Crippen LogP contribution in [-0.4, -0.2) is 41.6 Å². The molecule has 3 rings (SSSR count). The molecule has 4 heteroatoms. The van der Waals surface area contributed by atoms with Gasteiger partial charge in [0.2, 0.25) is 0 Å². The average Bonchev–Trinajstić information content (AvgIpc) is 2.85. The minimum atomic E-state index is 0.0739.